The van der Waals surface area contributed by atoms with Crippen LogP contribution in [0.4, 0.5) is 5.69 Å². The summed E-state index contributed by atoms with van der Waals surface area (Å²) in [5.41, 5.74) is 3.83. The lowest BCUT2D eigenvalue weighted by molar-refractivity contribution is 0.0747. The fourth-order valence-corrected chi connectivity index (χ4v) is 3.91. The van der Waals surface area contributed by atoms with E-state index in [0.717, 1.165) is 47.0 Å². The van der Waals surface area contributed by atoms with E-state index in [2.05, 4.69) is 4.90 Å². The molecule has 0 atom stereocenters. The van der Waals surface area contributed by atoms with E-state index in [0.29, 0.717) is 13.1 Å². The molecule has 0 unspecified atom stereocenters. The smallest absolute Gasteiger partial charge is 0.256 e. The van der Waals surface area contributed by atoms with Crippen LogP contribution in [-0.2, 0) is 7.05 Å². The van der Waals surface area contributed by atoms with E-state index in [1.54, 1.807) is 14.2 Å². The first-order valence-corrected chi connectivity index (χ1v) is 10.1. The molecule has 0 spiro atoms. The monoisotopic (exact) mass is 405 g/mol. The van der Waals surface area contributed by atoms with Crippen LogP contribution in [0.2, 0.25) is 0 Å². The molecular weight excluding hydrogens is 378 g/mol. The number of hydrogen-bond acceptors (Lipinski definition) is 4. The Kier molecular flexibility index (Phi) is 5.65. The van der Waals surface area contributed by atoms with Gasteiger partial charge in [0.2, 0.25) is 0 Å². The lowest BCUT2D eigenvalue weighted by atomic mass is 10.0. The molecule has 0 saturated carbocycles. The normalized spacial score (nSPS) is 14.0. The van der Waals surface area contributed by atoms with Crippen LogP contribution in [0.3, 0.4) is 0 Å². The maximum absolute atomic E-state index is 13.3. The number of aromatic nitrogens is 1. The standard InChI is InChI=1S/C24H27N3O3/c1-25-16-22(18-7-5-4-6-8-18)23(17-25)24(28)27-11-9-26(10-12-27)19-13-20(29-2)15-21(14-19)30-3/h4-8,13-17H,9-12H2,1-3H3. The van der Waals surface area contributed by atoms with Gasteiger partial charge in [-0.05, 0) is 5.56 Å². The quantitative estimate of drug-likeness (QED) is 0.650. The number of hydrogen-bond donors (Lipinski definition) is 0. The summed E-state index contributed by atoms with van der Waals surface area (Å²) in [6.07, 6.45) is 3.94. The molecule has 156 valence electrons. The van der Waals surface area contributed by atoms with Crippen molar-refractivity contribution < 1.29 is 14.3 Å². The van der Waals surface area contributed by atoms with E-state index in [9.17, 15) is 4.79 Å². The molecular formula is C24H27N3O3. The van der Waals surface area contributed by atoms with Crippen LogP contribution in [0.15, 0.2) is 60.9 Å². The lowest BCUT2D eigenvalue weighted by Gasteiger charge is -2.36. The van der Waals surface area contributed by atoms with Gasteiger partial charge >= 0.3 is 0 Å². The molecule has 6 nitrogen and oxygen atoms in total. The number of nitrogens with zero attached hydrogens (tertiary/aromatic N) is 3. The summed E-state index contributed by atoms with van der Waals surface area (Å²) < 4.78 is 12.7. The summed E-state index contributed by atoms with van der Waals surface area (Å²) in [6, 6.07) is 15.9. The predicted octanol–water partition coefficient (Wildman–Crippen LogP) is 3.67. The Balaban J connectivity index is 1.50. The molecule has 2 aromatic carbocycles. The van der Waals surface area contributed by atoms with E-state index in [1.807, 2.05) is 77.4 Å². The van der Waals surface area contributed by atoms with Gasteiger partial charge in [0, 0.05) is 75.1 Å². The number of aryl methyl sites for hydroxylation is 1. The van der Waals surface area contributed by atoms with E-state index >= 15 is 0 Å². The van der Waals surface area contributed by atoms with E-state index in [-0.39, 0.29) is 5.91 Å². The number of carbonyl (C=O) groups excluding carboxylic acids is 1. The Labute approximate surface area is 177 Å². The zero-order valence-corrected chi connectivity index (χ0v) is 17.7. The van der Waals surface area contributed by atoms with Crippen LogP contribution in [0.5, 0.6) is 11.5 Å². The van der Waals surface area contributed by atoms with Crippen LogP contribution < -0.4 is 14.4 Å². The Bertz CT molecular complexity index is 999. The summed E-state index contributed by atoms with van der Waals surface area (Å²) in [5.74, 6) is 1.61. The average molecular weight is 405 g/mol. The van der Waals surface area contributed by atoms with Crippen molar-refractivity contribution in [2.24, 2.45) is 7.05 Å². The molecule has 1 aliphatic heterocycles. The first-order chi connectivity index (χ1) is 14.6. The second kappa shape index (κ2) is 8.53. The lowest BCUT2D eigenvalue weighted by Crippen LogP contribution is -2.48. The van der Waals surface area contributed by atoms with Gasteiger partial charge in [0.05, 0.1) is 19.8 Å². The molecule has 2 heterocycles. The SMILES string of the molecule is COc1cc(OC)cc(N2CCN(C(=O)c3cn(C)cc3-c3ccccc3)CC2)c1. The van der Waals surface area contributed by atoms with E-state index < -0.39 is 0 Å². The minimum atomic E-state index is 0.0809. The number of amides is 1. The maximum atomic E-state index is 13.3. The van der Waals surface area contributed by atoms with Gasteiger partial charge in [0.25, 0.3) is 5.91 Å². The maximum Gasteiger partial charge on any atom is 0.256 e. The molecule has 0 radical (unpaired) electrons. The van der Waals surface area contributed by atoms with Crippen molar-refractivity contribution in [1.29, 1.82) is 0 Å². The molecule has 1 aromatic heterocycles. The van der Waals surface area contributed by atoms with Crippen LogP contribution in [0.1, 0.15) is 10.4 Å². The summed E-state index contributed by atoms with van der Waals surface area (Å²) in [7, 11) is 5.26. The van der Waals surface area contributed by atoms with Crippen molar-refractivity contribution >= 4 is 11.6 Å². The van der Waals surface area contributed by atoms with Gasteiger partial charge in [-0.1, -0.05) is 30.3 Å². The highest BCUT2D eigenvalue weighted by atomic mass is 16.5. The molecule has 30 heavy (non-hydrogen) atoms. The van der Waals surface area contributed by atoms with Crippen molar-refractivity contribution in [2.45, 2.75) is 0 Å². The van der Waals surface area contributed by atoms with E-state index in [1.165, 1.54) is 0 Å². The summed E-state index contributed by atoms with van der Waals surface area (Å²) in [6.45, 7) is 2.86. The van der Waals surface area contributed by atoms with Gasteiger partial charge in [-0.2, -0.15) is 0 Å². The van der Waals surface area contributed by atoms with Crippen LogP contribution in [-0.4, -0.2) is 55.8 Å². The fourth-order valence-electron chi connectivity index (χ4n) is 3.91. The zero-order chi connectivity index (χ0) is 21.1. The van der Waals surface area contributed by atoms with Gasteiger partial charge in [0.1, 0.15) is 11.5 Å². The third kappa shape index (κ3) is 3.99. The van der Waals surface area contributed by atoms with E-state index in [4.69, 9.17) is 9.47 Å². The minimum absolute atomic E-state index is 0.0809. The number of piperazine rings is 1. The van der Waals surface area contributed by atoms with Crippen molar-refractivity contribution in [1.82, 2.24) is 9.47 Å². The zero-order valence-electron chi connectivity index (χ0n) is 17.7. The fraction of sp³-hybridized carbons (Fsp3) is 0.292. The molecule has 0 bridgehead atoms. The Morgan fingerprint density at radius 1 is 0.867 bits per heavy atom. The van der Waals surface area contributed by atoms with Crippen molar-refractivity contribution in [3.05, 3.63) is 66.5 Å². The summed E-state index contributed by atoms with van der Waals surface area (Å²) in [5, 5.41) is 0. The van der Waals surface area contributed by atoms with Crippen molar-refractivity contribution in [2.75, 3.05) is 45.3 Å². The average Bonchev–Trinajstić information content (AvgIpc) is 3.20. The van der Waals surface area contributed by atoms with Crippen molar-refractivity contribution in [3.63, 3.8) is 0 Å². The third-order valence-corrected chi connectivity index (χ3v) is 5.54. The number of rotatable bonds is 5. The highest BCUT2D eigenvalue weighted by molar-refractivity contribution is 6.01. The van der Waals surface area contributed by atoms with Crippen LogP contribution >= 0.6 is 0 Å². The summed E-state index contributed by atoms with van der Waals surface area (Å²) >= 11 is 0. The number of carbonyl (C=O) groups is 1. The summed E-state index contributed by atoms with van der Waals surface area (Å²) in [4.78, 5) is 17.5. The minimum Gasteiger partial charge on any atom is -0.497 e. The Morgan fingerprint density at radius 3 is 2.10 bits per heavy atom. The van der Waals surface area contributed by atoms with Crippen LogP contribution in [0, 0.1) is 0 Å². The topological polar surface area (TPSA) is 46.9 Å². The second-order valence-electron chi connectivity index (χ2n) is 7.47. The number of benzene rings is 2. The third-order valence-electron chi connectivity index (χ3n) is 5.54. The number of methoxy groups -OCH3 is 2. The molecule has 3 aromatic rings. The van der Waals surface area contributed by atoms with Gasteiger partial charge < -0.3 is 23.8 Å². The highest BCUT2D eigenvalue weighted by Gasteiger charge is 2.25. The molecule has 1 saturated heterocycles. The predicted molar refractivity (Wildman–Crippen MR) is 119 cm³/mol. The molecule has 0 aliphatic carbocycles. The largest absolute Gasteiger partial charge is 0.497 e. The molecule has 0 N–H and O–H groups in total. The number of anilines is 1. The van der Waals surface area contributed by atoms with Crippen molar-refractivity contribution in [3.8, 4) is 22.6 Å². The number of ether oxygens (including phenoxy) is 2. The first-order valence-electron chi connectivity index (χ1n) is 10.1. The Morgan fingerprint density at radius 2 is 1.50 bits per heavy atom. The molecule has 1 fully saturated rings. The van der Waals surface area contributed by atoms with Gasteiger partial charge in [-0.3, -0.25) is 4.79 Å². The van der Waals surface area contributed by atoms with Gasteiger partial charge in [-0.15, -0.1) is 0 Å². The first kappa shape index (κ1) is 19.9. The highest BCUT2D eigenvalue weighted by Crippen LogP contribution is 2.30. The second-order valence-corrected chi connectivity index (χ2v) is 7.47. The molecule has 4 rings (SSSR count). The van der Waals surface area contributed by atoms with Gasteiger partial charge in [-0.25, -0.2) is 0 Å². The van der Waals surface area contributed by atoms with Gasteiger partial charge in [0.15, 0.2) is 0 Å². The van der Waals surface area contributed by atoms with Crippen LogP contribution in [0.25, 0.3) is 11.1 Å². The Hall–Kier alpha value is -3.41. The molecule has 1 aliphatic rings. The molecule has 1 amide bonds. The molecule has 6 heteroatoms.